The van der Waals surface area contributed by atoms with E-state index in [0.29, 0.717) is 18.9 Å². The molecule has 0 bridgehead atoms. The van der Waals surface area contributed by atoms with Crippen molar-refractivity contribution in [2.75, 3.05) is 24.4 Å². The highest BCUT2D eigenvalue weighted by atomic mass is 16.5. The number of benzene rings is 1. The van der Waals surface area contributed by atoms with Gasteiger partial charge < -0.3 is 30.7 Å². The number of carbonyl (C=O) groups is 2. The highest BCUT2D eigenvalue weighted by Crippen LogP contribution is 2.17. The van der Waals surface area contributed by atoms with Gasteiger partial charge in [0.15, 0.2) is 11.4 Å². The Morgan fingerprint density at radius 3 is 2.43 bits per heavy atom. The van der Waals surface area contributed by atoms with Crippen molar-refractivity contribution >= 4 is 17.9 Å². The standard InChI is InChI=1S/C17H20N4O4.C2H4O.C2H4/c1-2-24-10-14-19-17(23)15-16(13(22)7-8-21(15)20-14)25-9-11-3-5-12(18)6-4-11;1-2-3;1-2/h3-8,14,20H,2,9-10,18H2,1H3,(H,19,23);2H,1H3;1-2H2/t14-;;/m1../s1. The van der Waals surface area contributed by atoms with Gasteiger partial charge in [-0.3, -0.25) is 14.3 Å². The quantitative estimate of drug-likeness (QED) is 0.372. The minimum Gasteiger partial charge on any atom is -0.482 e. The second kappa shape index (κ2) is 12.8. The summed E-state index contributed by atoms with van der Waals surface area (Å²) in [5.74, 6) is -0.396. The SMILES string of the molecule is C=C.CC=O.CCOC[C@@H]1NC(=O)c2c(OCc3ccc(N)cc3)c(=O)ccn2N1. The Labute approximate surface area is 175 Å². The molecule has 0 fully saturated rings. The third kappa shape index (κ3) is 6.78. The number of aldehydes is 1. The molecule has 1 aromatic carbocycles. The van der Waals surface area contributed by atoms with Crippen LogP contribution < -0.4 is 26.6 Å². The van der Waals surface area contributed by atoms with Crippen LogP contribution >= 0.6 is 0 Å². The molecule has 0 radical (unpaired) electrons. The summed E-state index contributed by atoms with van der Waals surface area (Å²) in [5, 5.41) is 2.75. The van der Waals surface area contributed by atoms with Crippen molar-refractivity contribution in [1.29, 1.82) is 0 Å². The normalized spacial score (nSPS) is 13.8. The minimum atomic E-state index is -0.395. The van der Waals surface area contributed by atoms with Crippen LogP contribution in [0, 0.1) is 0 Å². The molecule has 1 aliphatic heterocycles. The van der Waals surface area contributed by atoms with Crippen LogP contribution in [0.2, 0.25) is 0 Å². The zero-order chi connectivity index (χ0) is 22.5. The van der Waals surface area contributed by atoms with Gasteiger partial charge in [0.25, 0.3) is 5.91 Å². The van der Waals surface area contributed by atoms with Gasteiger partial charge in [0, 0.05) is 24.6 Å². The second-order valence-electron chi connectivity index (χ2n) is 5.81. The summed E-state index contributed by atoms with van der Waals surface area (Å²) in [5.41, 5.74) is 9.97. The van der Waals surface area contributed by atoms with Gasteiger partial charge in [0.1, 0.15) is 19.1 Å². The number of hydrogen-bond acceptors (Lipinski definition) is 7. The van der Waals surface area contributed by atoms with E-state index in [1.165, 1.54) is 23.9 Å². The molecule has 1 aromatic heterocycles. The fourth-order valence-electron chi connectivity index (χ4n) is 2.49. The summed E-state index contributed by atoms with van der Waals surface area (Å²) in [7, 11) is 0. The Hall–Kier alpha value is -3.59. The maximum atomic E-state index is 12.4. The van der Waals surface area contributed by atoms with E-state index >= 15 is 0 Å². The van der Waals surface area contributed by atoms with Crippen LogP contribution in [0.5, 0.6) is 5.75 Å². The number of aromatic nitrogens is 1. The minimum absolute atomic E-state index is 0.000755. The highest BCUT2D eigenvalue weighted by Gasteiger charge is 2.28. The van der Waals surface area contributed by atoms with Crippen LogP contribution in [0.15, 0.2) is 54.5 Å². The first kappa shape index (κ1) is 24.4. The lowest BCUT2D eigenvalue weighted by Crippen LogP contribution is -2.53. The molecule has 4 N–H and O–H groups in total. The molecule has 162 valence electrons. The molecule has 0 aliphatic carbocycles. The number of rotatable bonds is 6. The summed E-state index contributed by atoms with van der Waals surface area (Å²) in [4.78, 5) is 33.4. The van der Waals surface area contributed by atoms with Crippen molar-refractivity contribution in [3.63, 3.8) is 0 Å². The number of nitrogen functional groups attached to an aromatic ring is 1. The number of pyridine rings is 1. The topological polar surface area (TPSA) is 125 Å². The van der Waals surface area contributed by atoms with Gasteiger partial charge in [0.2, 0.25) is 5.43 Å². The van der Waals surface area contributed by atoms with Crippen molar-refractivity contribution < 1.29 is 19.1 Å². The number of ether oxygens (including phenoxy) is 2. The van der Waals surface area contributed by atoms with E-state index in [4.69, 9.17) is 20.0 Å². The zero-order valence-electron chi connectivity index (χ0n) is 17.2. The van der Waals surface area contributed by atoms with Gasteiger partial charge in [-0.1, -0.05) is 12.1 Å². The number of hydrogen-bond donors (Lipinski definition) is 3. The van der Waals surface area contributed by atoms with Crippen LogP contribution in [0.3, 0.4) is 0 Å². The summed E-state index contributed by atoms with van der Waals surface area (Å²) >= 11 is 0. The first-order valence-corrected chi connectivity index (χ1v) is 9.28. The second-order valence-corrected chi connectivity index (χ2v) is 5.81. The lowest BCUT2D eigenvalue weighted by Gasteiger charge is -2.30. The van der Waals surface area contributed by atoms with E-state index in [0.717, 1.165) is 11.8 Å². The summed E-state index contributed by atoms with van der Waals surface area (Å²) in [6, 6.07) is 8.46. The fourth-order valence-corrected chi connectivity index (χ4v) is 2.49. The Morgan fingerprint density at radius 2 is 1.83 bits per heavy atom. The van der Waals surface area contributed by atoms with Crippen molar-refractivity contribution in [2.24, 2.45) is 0 Å². The molecule has 0 saturated heterocycles. The average Bonchev–Trinajstić information content (AvgIpc) is 2.75. The van der Waals surface area contributed by atoms with Crippen molar-refractivity contribution in [3.8, 4) is 5.75 Å². The molecule has 9 heteroatoms. The Kier molecular flexibility index (Phi) is 10.4. The molecule has 0 saturated carbocycles. The predicted molar refractivity (Wildman–Crippen MR) is 116 cm³/mol. The Morgan fingerprint density at radius 1 is 1.20 bits per heavy atom. The van der Waals surface area contributed by atoms with E-state index in [1.54, 1.807) is 24.3 Å². The first-order valence-electron chi connectivity index (χ1n) is 9.28. The molecule has 0 unspecified atom stereocenters. The molecule has 3 rings (SSSR count). The number of amides is 1. The van der Waals surface area contributed by atoms with Gasteiger partial charge in [-0.2, -0.15) is 0 Å². The van der Waals surface area contributed by atoms with Gasteiger partial charge >= 0.3 is 0 Å². The highest BCUT2D eigenvalue weighted by molar-refractivity contribution is 5.96. The van der Waals surface area contributed by atoms with Gasteiger partial charge in [-0.05, 0) is 31.5 Å². The zero-order valence-corrected chi connectivity index (χ0v) is 17.2. The van der Waals surface area contributed by atoms with Crippen LogP contribution in [0.1, 0.15) is 29.9 Å². The third-order valence-electron chi connectivity index (χ3n) is 3.72. The summed E-state index contributed by atoms with van der Waals surface area (Å²) in [6.45, 7) is 10.3. The van der Waals surface area contributed by atoms with Gasteiger partial charge in [-0.15, -0.1) is 13.2 Å². The lowest BCUT2D eigenvalue weighted by molar-refractivity contribution is -0.106. The molecular weight excluding hydrogens is 388 g/mol. The number of nitrogens with two attached hydrogens (primary N) is 1. The molecule has 0 spiro atoms. The number of nitrogens with zero attached hydrogens (tertiary/aromatic N) is 1. The maximum Gasteiger partial charge on any atom is 0.275 e. The molecule has 2 aromatic rings. The molecule has 1 aliphatic rings. The molecule has 2 heterocycles. The van der Waals surface area contributed by atoms with Crippen LogP contribution in [0.4, 0.5) is 5.69 Å². The van der Waals surface area contributed by atoms with Gasteiger partial charge in [-0.25, -0.2) is 0 Å². The van der Waals surface area contributed by atoms with Crippen molar-refractivity contribution in [1.82, 2.24) is 9.99 Å². The third-order valence-corrected chi connectivity index (χ3v) is 3.72. The molecular formula is C21H28N4O5. The smallest absolute Gasteiger partial charge is 0.275 e. The summed E-state index contributed by atoms with van der Waals surface area (Å²) in [6.07, 6.45) is 1.87. The monoisotopic (exact) mass is 416 g/mol. The van der Waals surface area contributed by atoms with E-state index in [1.807, 2.05) is 6.92 Å². The average molecular weight is 416 g/mol. The van der Waals surface area contributed by atoms with Crippen LogP contribution in [-0.4, -0.2) is 36.2 Å². The Balaban J connectivity index is 0.000000826. The van der Waals surface area contributed by atoms with Crippen LogP contribution in [0.25, 0.3) is 0 Å². The Bertz CT molecular complexity index is 880. The molecule has 1 amide bonds. The molecule has 1 atom stereocenters. The number of fused-ring (bicyclic) bond motifs is 1. The number of anilines is 1. The number of carbonyl (C=O) groups excluding carboxylic acids is 2. The fraction of sp³-hybridized carbons (Fsp3) is 0.286. The molecule has 30 heavy (non-hydrogen) atoms. The first-order chi connectivity index (χ1) is 14.5. The van der Waals surface area contributed by atoms with Crippen molar-refractivity contribution in [2.45, 2.75) is 26.6 Å². The van der Waals surface area contributed by atoms with Gasteiger partial charge in [0.05, 0.1) is 6.61 Å². The van der Waals surface area contributed by atoms with E-state index in [-0.39, 0.29) is 29.6 Å². The largest absolute Gasteiger partial charge is 0.482 e. The van der Waals surface area contributed by atoms with E-state index < -0.39 is 5.91 Å². The van der Waals surface area contributed by atoms with E-state index in [2.05, 4.69) is 23.9 Å². The predicted octanol–water partition coefficient (Wildman–Crippen LogP) is 1.67. The molecule has 9 nitrogen and oxygen atoms in total. The summed E-state index contributed by atoms with van der Waals surface area (Å²) < 4.78 is 12.4. The van der Waals surface area contributed by atoms with Crippen molar-refractivity contribution in [3.05, 3.63) is 71.2 Å². The number of nitrogens with one attached hydrogen (secondary N) is 2. The van der Waals surface area contributed by atoms with E-state index in [9.17, 15) is 9.59 Å². The maximum absolute atomic E-state index is 12.4. The van der Waals surface area contributed by atoms with Crippen LogP contribution in [-0.2, 0) is 16.1 Å². The lowest BCUT2D eigenvalue weighted by atomic mass is 10.2.